The fourth-order valence-corrected chi connectivity index (χ4v) is 4.76. The summed E-state index contributed by atoms with van der Waals surface area (Å²) in [5, 5.41) is 14.1. The summed E-state index contributed by atoms with van der Waals surface area (Å²) in [6.45, 7) is 2.90. The van der Waals surface area contributed by atoms with Gasteiger partial charge in [0.2, 0.25) is 5.60 Å². The predicted octanol–water partition coefficient (Wildman–Crippen LogP) is 3.92. The number of hydrogen-bond acceptors (Lipinski definition) is 4. The van der Waals surface area contributed by atoms with Gasteiger partial charge in [-0.2, -0.15) is 0 Å². The van der Waals surface area contributed by atoms with Gasteiger partial charge in [0.25, 0.3) is 17.7 Å². The zero-order chi connectivity index (χ0) is 26.9. The second-order valence-electron chi connectivity index (χ2n) is 9.56. The van der Waals surface area contributed by atoms with Gasteiger partial charge in [-0.3, -0.25) is 14.4 Å². The van der Waals surface area contributed by atoms with Crippen molar-refractivity contribution in [1.82, 2.24) is 4.90 Å². The molecule has 4 rings (SSSR count). The normalized spacial score (nSPS) is 16.2. The van der Waals surface area contributed by atoms with Crippen molar-refractivity contribution in [3.8, 4) is 11.1 Å². The maximum atomic E-state index is 14.1. The summed E-state index contributed by atoms with van der Waals surface area (Å²) in [6.07, 6.45) is -0.314. The van der Waals surface area contributed by atoms with E-state index >= 15 is 0 Å². The van der Waals surface area contributed by atoms with E-state index in [1.54, 1.807) is 56.3 Å². The molecule has 0 bridgehead atoms. The molecule has 0 unspecified atom stereocenters. The number of nitrogens with one attached hydrogen (secondary N) is 1. The van der Waals surface area contributed by atoms with Crippen LogP contribution in [0.25, 0.3) is 11.1 Å². The highest BCUT2D eigenvalue weighted by Crippen LogP contribution is 2.40. The molecule has 1 aliphatic rings. The summed E-state index contributed by atoms with van der Waals surface area (Å²) in [7, 11) is 0. The standard InChI is InChI=1S/C28H27F2N3O4/c1-16(2)14-28(37,26(31)35)27(36)33(15-17-11-18(29)13-19(30)12-17)24-22-9-4-3-7-20(22)21-8-5-6-10-23(21)32-25(24)34/h3-13,16,24,37H,14-15H2,1-2H3,(H2,31,35)(H,32,34)/t24-,28+/m0/s1. The summed E-state index contributed by atoms with van der Waals surface area (Å²) in [5.41, 5.74) is 5.11. The average molecular weight is 508 g/mol. The Bertz CT molecular complexity index is 1360. The van der Waals surface area contributed by atoms with E-state index in [-0.39, 0.29) is 17.9 Å². The number of fused-ring (bicyclic) bond motifs is 3. The van der Waals surface area contributed by atoms with E-state index < -0.39 is 47.5 Å². The zero-order valence-electron chi connectivity index (χ0n) is 20.4. The van der Waals surface area contributed by atoms with Crippen LogP contribution in [0, 0.1) is 17.6 Å². The van der Waals surface area contributed by atoms with E-state index in [9.17, 15) is 28.3 Å². The molecule has 7 nitrogen and oxygen atoms in total. The second kappa shape index (κ2) is 10.1. The molecule has 0 fully saturated rings. The maximum Gasteiger partial charge on any atom is 0.265 e. The van der Waals surface area contributed by atoms with Crippen LogP contribution in [0.3, 0.4) is 0 Å². The third kappa shape index (κ3) is 5.08. The van der Waals surface area contributed by atoms with Crippen molar-refractivity contribution in [3.63, 3.8) is 0 Å². The predicted molar refractivity (Wildman–Crippen MR) is 134 cm³/mol. The molecule has 2 atom stereocenters. The van der Waals surface area contributed by atoms with Crippen molar-refractivity contribution in [2.45, 2.75) is 38.5 Å². The summed E-state index contributed by atoms with van der Waals surface area (Å²) in [4.78, 5) is 41.0. The number of primary amides is 1. The second-order valence-corrected chi connectivity index (χ2v) is 9.56. The molecule has 1 heterocycles. The number of para-hydroxylation sites is 1. The highest BCUT2D eigenvalue weighted by atomic mass is 19.1. The molecule has 0 saturated carbocycles. The maximum absolute atomic E-state index is 14.1. The van der Waals surface area contributed by atoms with Crippen LogP contribution in [0.4, 0.5) is 14.5 Å². The third-order valence-corrected chi connectivity index (χ3v) is 6.29. The van der Waals surface area contributed by atoms with Crippen LogP contribution in [0.1, 0.15) is 37.4 Å². The van der Waals surface area contributed by atoms with Gasteiger partial charge in [0.05, 0.1) is 0 Å². The number of nitrogens with two attached hydrogens (primary N) is 1. The number of anilines is 1. The number of nitrogens with zero attached hydrogens (tertiary/aromatic N) is 1. The van der Waals surface area contributed by atoms with Crippen molar-refractivity contribution >= 4 is 23.4 Å². The molecule has 9 heteroatoms. The summed E-state index contributed by atoms with van der Waals surface area (Å²) in [6, 6.07) is 15.3. The molecule has 37 heavy (non-hydrogen) atoms. The van der Waals surface area contributed by atoms with Crippen LogP contribution >= 0.6 is 0 Å². The molecular formula is C28H27F2N3O4. The summed E-state index contributed by atoms with van der Waals surface area (Å²) < 4.78 is 28.1. The number of halogens is 2. The van der Waals surface area contributed by atoms with Gasteiger partial charge >= 0.3 is 0 Å². The molecule has 3 aromatic carbocycles. The Morgan fingerprint density at radius 3 is 2.24 bits per heavy atom. The van der Waals surface area contributed by atoms with Crippen LogP contribution < -0.4 is 11.1 Å². The van der Waals surface area contributed by atoms with Gasteiger partial charge in [-0.05, 0) is 47.2 Å². The van der Waals surface area contributed by atoms with Crippen LogP contribution in [-0.2, 0) is 20.9 Å². The molecule has 4 N–H and O–H groups in total. The average Bonchev–Trinajstić information content (AvgIpc) is 2.94. The smallest absolute Gasteiger partial charge is 0.265 e. The van der Waals surface area contributed by atoms with Gasteiger partial charge in [0.1, 0.15) is 17.7 Å². The third-order valence-electron chi connectivity index (χ3n) is 6.29. The monoisotopic (exact) mass is 507 g/mol. The van der Waals surface area contributed by atoms with Crippen LogP contribution in [0.15, 0.2) is 66.7 Å². The molecule has 3 amide bonds. The molecule has 0 aliphatic carbocycles. The lowest BCUT2D eigenvalue weighted by Crippen LogP contribution is -2.59. The minimum atomic E-state index is -2.66. The highest BCUT2D eigenvalue weighted by molar-refractivity contribution is 6.10. The Hall–Kier alpha value is -4.11. The van der Waals surface area contributed by atoms with Crippen molar-refractivity contribution in [1.29, 1.82) is 0 Å². The van der Waals surface area contributed by atoms with E-state index in [0.717, 1.165) is 17.0 Å². The topological polar surface area (TPSA) is 113 Å². The van der Waals surface area contributed by atoms with E-state index in [0.29, 0.717) is 28.4 Å². The van der Waals surface area contributed by atoms with Gasteiger partial charge in [0.15, 0.2) is 0 Å². The number of carbonyl (C=O) groups is 3. The summed E-state index contributed by atoms with van der Waals surface area (Å²) in [5.74, 6) is -5.14. The molecule has 0 spiro atoms. The number of aliphatic hydroxyl groups is 1. The Morgan fingerprint density at radius 2 is 1.62 bits per heavy atom. The Balaban J connectivity index is 1.92. The number of carbonyl (C=O) groups excluding carboxylic acids is 3. The Kier molecular flexibility index (Phi) is 7.09. The lowest BCUT2D eigenvalue weighted by molar-refractivity contribution is -0.165. The van der Waals surface area contributed by atoms with E-state index in [2.05, 4.69) is 5.32 Å². The number of benzene rings is 3. The molecule has 0 aromatic heterocycles. The fourth-order valence-electron chi connectivity index (χ4n) is 4.76. The highest BCUT2D eigenvalue weighted by Gasteiger charge is 2.49. The number of amides is 3. The lowest BCUT2D eigenvalue weighted by atomic mass is 9.88. The quantitative estimate of drug-likeness (QED) is 0.421. The minimum Gasteiger partial charge on any atom is -0.372 e. The number of rotatable bonds is 7. The minimum absolute atomic E-state index is 0.0225. The summed E-state index contributed by atoms with van der Waals surface area (Å²) >= 11 is 0. The van der Waals surface area contributed by atoms with Crippen molar-refractivity contribution in [2.75, 3.05) is 5.32 Å². The van der Waals surface area contributed by atoms with E-state index in [1.807, 2.05) is 6.07 Å². The Morgan fingerprint density at radius 1 is 1.03 bits per heavy atom. The molecular weight excluding hydrogens is 480 g/mol. The van der Waals surface area contributed by atoms with Gasteiger partial charge in [-0.25, -0.2) is 8.78 Å². The first-order valence-corrected chi connectivity index (χ1v) is 11.8. The van der Waals surface area contributed by atoms with Gasteiger partial charge in [-0.15, -0.1) is 0 Å². The molecule has 3 aromatic rings. The van der Waals surface area contributed by atoms with Crippen molar-refractivity contribution < 1.29 is 28.3 Å². The molecule has 0 saturated heterocycles. The van der Waals surface area contributed by atoms with Crippen LogP contribution in [0.2, 0.25) is 0 Å². The van der Waals surface area contributed by atoms with Crippen LogP contribution in [-0.4, -0.2) is 33.3 Å². The SMILES string of the molecule is CC(C)C[C@@](O)(C(N)=O)C(=O)N(Cc1cc(F)cc(F)c1)[C@@H]1C(=O)Nc2ccccc2-c2ccccc21. The van der Waals surface area contributed by atoms with Gasteiger partial charge in [-0.1, -0.05) is 56.3 Å². The first-order valence-electron chi connectivity index (χ1n) is 11.8. The largest absolute Gasteiger partial charge is 0.372 e. The van der Waals surface area contributed by atoms with Crippen molar-refractivity contribution in [3.05, 3.63) is 89.5 Å². The first-order chi connectivity index (χ1) is 17.5. The van der Waals surface area contributed by atoms with Gasteiger partial charge < -0.3 is 21.1 Å². The fraction of sp³-hybridized carbons (Fsp3) is 0.250. The number of hydrogen-bond donors (Lipinski definition) is 3. The zero-order valence-corrected chi connectivity index (χ0v) is 20.4. The lowest BCUT2D eigenvalue weighted by Gasteiger charge is -2.37. The Labute approximate surface area is 212 Å². The van der Waals surface area contributed by atoms with E-state index in [1.165, 1.54) is 0 Å². The van der Waals surface area contributed by atoms with Crippen LogP contribution in [0.5, 0.6) is 0 Å². The van der Waals surface area contributed by atoms with Gasteiger partial charge in [0, 0.05) is 23.9 Å². The molecule has 0 radical (unpaired) electrons. The van der Waals surface area contributed by atoms with E-state index in [4.69, 9.17) is 5.73 Å². The van der Waals surface area contributed by atoms with Crippen molar-refractivity contribution in [2.24, 2.45) is 11.7 Å². The molecule has 1 aliphatic heterocycles. The molecule has 192 valence electrons. The first kappa shape index (κ1) is 26.0.